The number of nitrogens with zero attached hydrogens (tertiary/aromatic N) is 2. The molecule has 0 saturated carbocycles. The second-order valence-electron chi connectivity index (χ2n) is 9.55. The van der Waals surface area contributed by atoms with Crippen molar-refractivity contribution in [1.29, 1.82) is 0 Å². The van der Waals surface area contributed by atoms with Gasteiger partial charge in [-0.2, -0.15) is 0 Å². The number of amides is 1. The molecule has 5 aromatic rings. The van der Waals surface area contributed by atoms with Gasteiger partial charge in [0.25, 0.3) is 0 Å². The predicted octanol–water partition coefficient (Wildman–Crippen LogP) is 6.33. The second kappa shape index (κ2) is 10.5. The van der Waals surface area contributed by atoms with E-state index in [1.807, 2.05) is 48.5 Å². The van der Waals surface area contributed by atoms with Gasteiger partial charge >= 0.3 is 12.1 Å². The molecule has 1 unspecified atom stereocenters. The zero-order chi connectivity index (χ0) is 27.8. The largest absolute Gasteiger partial charge is 0.480 e. The van der Waals surface area contributed by atoms with Crippen molar-refractivity contribution < 1.29 is 23.8 Å². The summed E-state index contributed by atoms with van der Waals surface area (Å²) >= 11 is 6.22. The molecule has 6 rings (SSSR count). The lowest BCUT2D eigenvalue weighted by Gasteiger charge is -2.18. The highest BCUT2D eigenvalue weighted by Gasteiger charge is 2.30. The van der Waals surface area contributed by atoms with Gasteiger partial charge in [0.05, 0.1) is 16.4 Å². The van der Waals surface area contributed by atoms with Crippen molar-refractivity contribution in [2.75, 3.05) is 6.61 Å². The topological polar surface area (TPSA) is 92.9 Å². The van der Waals surface area contributed by atoms with Crippen LogP contribution in [0.25, 0.3) is 28.0 Å². The van der Waals surface area contributed by atoms with Gasteiger partial charge in [-0.25, -0.2) is 19.0 Å². The molecule has 7 nitrogen and oxygen atoms in total. The first-order valence-electron chi connectivity index (χ1n) is 12.7. The molecule has 40 heavy (non-hydrogen) atoms. The quantitative estimate of drug-likeness (QED) is 0.245. The van der Waals surface area contributed by atoms with Crippen LogP contribution in [0.2, 0.25) is 5.02 Å². The molecule has 1 amide bonds. The molecular formula is C31H23ClFN3O4. The lowest BCUT2D eigenvalue weighted by molar-refractivity contribution is -0.139. The van der Waals surface area contributed by atoms with E-state index in [4.69, 9.17) is 16.3 Å². The number of fused-ring (bicyclic) bond motifs is 4. The van der Waals surface area contributed by atoms with Gasteiger partial charge < -0.3 is 19.6 Å². The van der Waals surface area contributed by atoms with E-state index in [1.54, 1.807) is 34.9 Å². The molecule has 0 aliphatic heterocycles. The lowest BCUT2D eigenvalue weighted by Crippen LogP contribution is -2.43. The molecule has 1 aliphatic carbocycles. The van der Waals surface area contributed by atoms with Crippen LogP contribution >= 0.6 is 11.6 Å². The summed E-state index contributed by atoms with van der Waals surface area (Å²) in [4.78, 5) is 29.8. The molecule has 0 saturated heterocycles. The van der Waals surface area contributed by atoms with E-state index in [9.17, 15) is 19.1 Å². The number of carbonyl (C=O) groups is 2. The molecule has 1 atom stereocenters. The zero-order valence-corrected chi connectivity index (χ0v) is 21.8. The number of alkyl carbamates (subject to hydrolysis) is 1. The van der Waals surface area contributed by atoms with E-state index in [1.165, 1.54) is 12.1 Å². The normalized spacial score (nSPS) is 13.1. The summed E-state index contributed by atoms with van der Waals surface area (Å²) in [5, 5.41) is 12.9. The Hall–Kier alpha value is -4.69. The highest BCUT2D eigenvalue weighted by molar-refractivity contribution is 6.30. The van der Waals surface area contributed by atoms with E-state index >= 15 is 0 Å². The number of hydrogen-bond acceptors (Lipinski definition) is 4. The Morgan fingerprint density at radius 1 is 0.975 bits per heavy atom. The first-order valence-corrected chi connectivity index (χ1v) is 13.0. The maximum Gasteiger partial charge on any atom is 0.407 e. The van der Waals surface area contributed by atoms with Crippen LogP contribution in [0.1, 0.15) is 22.7 Å². The molecule has 9 heteroatoms. The number of ether oxygens (including phenoxy) is 1. The van der Waals surface area contributed by atoms with Crippen LogP contribution in [-0.4, -0.2) is 39.2 Å². The van der Waals surface area contributed by atoms with E-state index in [-0.39, 0.29) is 18.9 Å². The minimum Gasteiger partial charge on any atom is -0.480 e. The highest BCUT2D eigenvalue weighted by atomic mass is 35.5. The average molecular weight is 556 g/mol. The summed E-state index contributed by atoms with van der Waals surface area (Å²) in [6.45, 7) is 0.0538. The van der Waals surface area contributed by atoms with E-state index in [0.717, 1.165) is 22.3 Å². The summed E-state index contributed by atoms with van der Waals surface area (Å²) in [6.07, 6.45) is 0.663. The van der Waals surface area contributed by atoms with Gasteiger partial charge in [-0.15, -0.1) is 0 Å². The first kappa shape index (κ1) is 25.6. The number of aliphatic carboxylic acids is 1. The van der Waals surface area contributed by atoms with Gasteiger partial charge in [0.2, 0.25) is 0 Å². The van der Waals surface area contributed by atoms with Crippen molar-refractivity contribution in [3.05, 3.63) is 119 Å². The Kier molecular flexibility index (Phi) is 6.69. The van der Waals surface area contributed by atoms with Crippen molar-refractivity contribution in [2.45, 2.75) is 18.4 Å². The van der Waals surface area contributed by atoms with Gasteiger partial charge in [-0.1, -0.05) is 60.1 Å². The summed E-state index contributed by atoms with van der Waals surface area (Å²) in [5.74, 6) is -1.81. The number of aromatic nitrogens is 2. The standard InChI is InChI=1S/C31H23ClFN3O4/c32-19-11-14-28-35-29(18-9-12-20(33)13-10-18)27(36(28)16-19)15-26(30(37)38)34-31(39)40-17-25-23-7-3-1-5-21(23)22-6-2-4-8-24(22)25/h1-14,16,25-26H,15,17H2,(H,34,39)(H,37,38). The smallest absolute Gasteiger partial charge is 0.407 e. The predicted molar refractivity (Wildman–Crippen MR) is 149 cm³/mol. The van der Waals surface area contributed by atoms with Gasteiger partial charge in [-0.05, 0) is 58.7 Å². The van der Waals surface area contributed by atoms with Crippen LogP contribution in [0, 0.1) is 5.82 Å². The third kappa shape index (κ3) is 4.78. The number of pyridine rings is 1. The number of hydrogen-bond donors (Lipinski definition) is 2. The maximum absolute atomic E-state index is 13.6. The second-order valence-corrected chi connectivity index (χ2v) is 9.99. The fourth-order valence-corrected chi connectivity index (χ4v) is 5.44. The summed E-state index contributed by atoms with van der Waals surface area (Å²) in [6, 6.07) is 23.7. The number of halogens is 2. The maximum atomic E-state index is 13.6. The monoisotopic (exact) mass is 555 g/mol. The molecule has 1 aliphatic rings. The van der Waals surface area contributed by atoms with E-state index in [0.29, 0.717) is 27.6 Å². The van der Waals surface area contributed by atoms with Crippen LogP contribution in [0.3, 0.4) is 0 Å². The van der Waals surface area contributed by atoms with Gasteiger partial charge in [0.1, 0.15) is 24.1 Å². The number of carboxylic acids is 1. The number of rotatable bonds is 7. The van der Waals surface area contributed by atoms with E-state index < -0.39 is 23.9 Å². The molecular weight excluding hydrogens is 533 g/mol. The summed E-state index contributed by atoms with van der Waals surface area (Å²) in [7, 11) is 0. The van der Waals surface area contributed by atoms with Crippen LogP contribution in [0.5, 0.6) is 0 Å². The first-order chi connectivity index (χ1) is 19.4. The van der Waals surface area contributed by atoms with Crippen LogP contribution in [-0.2, 0) is 16.0 Å². The molecule has 2 N–H and O–H groups in total. The molecule has 3 aromatic carbocycles. The van der Waals surface area contributed by atoms with E-state index in [2.05, 4.69) is 10.3 Å². The molecule has 0 spiro atoms. The Morgan fingerprint density at radius 3 is 2.27 bits per heavy atom. The summed E-state index contributed by atoms with van der Waals surface area (Å²) < 4.78 is 20.8. The molecule has 2 heterocycles. The Labute approximate surface area is 233 Å². The van der Waals surface area contributed by atoms with Crippen molar-refractivity contribution >= 4 is 29.3 Å². The lowest BCUT2D eigenvalue weighted by atomic mass is 9.98. The molecule has 0 radical (unpaired) electrons. The van der Waals surface area contributed by atoms with Gasteiger partial charge in [-0.3, -0.25) is 0 Å². The fourth-order valence-electron chi connectivity index (χ4n) is 5.28. The molecule has 0 bridgehead atoms. The summed E-state index contributed by atoms with van der Waals surface area (Å²) in [5.41, 5.74) is 6.38. The third-order valence-electron chi connectivity index (χ3n) is 7.13. The minimum atomic E-state index is -1.33. The zero-order valence-electron chi connectivity index (χ0n) is 21.1. The van der Waals surface area contributed by atoms with Gasteiger partial charge in [0.15, 0.2) is 0 Å². The highest BCUT2D eigenvalue weighted by Crippen LogP contribution is 2.44. The minimum absolute atomic E-state index is 0.0538. The van der Waals surface area contributed by atoms with Crippen molar-refractivity contribution in [3.63, 3.8) is 0 Å². The number of imidazole rings is 1. The number of nitrogens with one attached hydrogen (secondary N) is 1. The number of carbonyl (C=O) groups excluding carboxylic acids is 1. The number of benzene rings is 3. The van der Waals surface area contributed by atoms with Crippen LogP contribution in [0.15, 0.2) is 91.1 Å². The molecule has 200 valence electrons. The molecule has 0 fully saturated rings. The van der Waals surface area contributed by atoms with Crippen molar-refractivity contribution in [2.24, 2.45) is 0 Å². The third-order valence-corrected chi connectivity index (χ3v) is 7.35. The SMILES string of the molecule is O=C(NC(Cc1c(-c2ccc(F)cc2)nc2ccc(Cl)cn12)C(=O)O)OCC1c2ccccc2-c2ccccc21. The Balaban J connectivity index is 1.24. The van der Waals surface area contributed by atoms with Gasteiger partial charge in [0, 0.05) is 24.1 Å². The Morgan fingerprint density at radius 2 is 1.62 bits per heavy atom. The Bertz CT molecular complexity index is 1710. The van der Waals surface area contributed by atoms with Crippen molar-refractivity contribution in [1.82, 2.24) is 14.7 Å². The van der Waals surface area contributed by atoms with Crippen LogP contribution in [0.4, 0.5) is 9.18 Å². The fraction of sp³-hybridized carbons (Fsp3) is 0.129. The van der Waals surface area contributed by atoms with Crippen LogP contribution < -0.4 is 5.32 Å². The number of carboxylic acid groups (broad SMARTS) is 1. The molecule has 2 aromatic heterocycles. The van der Waals surface area contributed by atoms with Crippen molar-refractivity contribution in [3.8, 4) is 22.4 Å². The average Bonchev–Trinajstić information content (AvgIpc) is 3.47.